The largest absolute Gasteiger partial charge is 0.324 e. The van der Waals surface area contributed by atoms with Gasteiger partial charge in [0.15, 0.2) is 0 Å². The van der Waals surface area contributed by atoms with Crippen molar-refractivity contribution >= 4 is 24.4 Å². The number of likely N-dealkylation sites (N-methyl/N-ethyl adjacent to an activating group) is 1. The quantitative estimate of drug-likeness (QED) is 0.806. The molecule has 2 unspecified atom stereocenters. The van der Waals surface area contributed by atoms with Gasteiger partial charge in [-0.2, -0.15) is 0 Å². The second kappa shape index (κ2) is 7.98. The zero-order valence-electron chi connectivity index (χ0n) is 15.5. The Hall–Kier alpha value is -0.580. The molecule has 2 aliphatic heterocycles. The molecule has 7 heteroatoms. The summed E-state index contributed by atoms with van der Waals surface area (Å²) >= 11 is 6.34. The third kappa shape index (κ3) is 4.78. The van der Waals surface area contributed by atoms with Gasteiger partial charge in [-0.25, -0.2) is 5.01 Å². The maximum absolute atomic E-state index is 12.7. The van der Waals surface area contributed by atoms with Crippen molar-refractivity contribution in [1.29, 1.82) is 0 Å². The average Bonchev–Trinajstić information content (AvgIpc) is 2.57. The van der Waals surface area contributed by atoms with Gasteiger partial charge >= 0.3 is 0 Å². The van der Waals surface area contributed by atoms with Gasteiger partial charge in [0.25, 0.3) is 0 Å². The van der Waals surface area contributed by atoms with Gasteiger partial charge in [0.1, 0.15) is 0 Å². The van der Waals surface area contributed by atoms with E-state index in [9.17, 15) is 4.57 Å². The van der Waals surface area contributed by atoms with Crippen LogP contribution in [0.4, 0.5) is 5.69 Å². The summed E-state index contributed by atoms with van der Waals surface area (Å²) in [4.78, 5) is 4.90. The Balaban J connectivity index is 1.77. The molecule has 3 rings (SSSR count). The van der Waals surface area contributed by atoms with Crippen molar-refractivity contribution in [2.75, 3.05) is 58.5 Å². The maximum Gasteiger partial charge on any atom is 0.0850 e. The van der Waals surface area contributed by atoms with E-state index in [0.29, 0.717) is 5.66 Å². The van der Waals surface area contributed by atoms with Crippen molar-refractivity contribution in [2.45, 2.75) is 24.7 Å². The van der Waals surface area contributed by atoms with Crippen molar-refractivity contribution in [2.24, 2.45) is 0 Å². The molecule has 2 fully saturated rings. The van der Waals surface area contributed by atoms with Crippen molar-refractivity contribution in [3.8, 4) is 0 Å². The van der Waals surface area contributed by atoms with E-state index in [-0.39, 0.29) is 6.17 Å². The number of piperazine rings is 1. The number of benzene rings is 1. The fraction of sp³-hybridized carbons (Fsp3) is 0.667. The van der Waals surface area contributed by atoms with Crippen LogP contribution in [0.3, 0.4) is 0 Å². The van der Waals surface area contributed by atoms with Crippen LogP contribution >= 0.6 is 18.7 Å². The monoisotopic (exact) mass is 384 g/mol. The second-order valence-corrected chi connectivity index (χ2v) is 11.7. The molecule has 25 heavy (non-hydrogen) atoms. The van der Waals surface area contributed by atoms with Gasteiger partial charge in [0.05, 0.1) is 24.0 Å². The smallest absolute Gasteiger partial charge is 0.0850 e. The molecule has 0 spiro atoms. The van der Waals surface area contributed by atoms with Crippen molar-refractivity contribution in [1.82, 2.24) is 14.8 Å². The second-order valence-electron chi connectivity index (χ2n) is 7.72. The van der Waals surface area contributed by atoms with E-state index in [1.54, 1.807) is 0 Å². The Morgan fingerprint density at radius 1 is 1.12 bits per heavy atom. The zero-order chi connectivity index (χ0) is 18.0. The van der Waals surface area contributed by atoms with E-state index in [1.165, 1.54) is 0 Å². The number of nitrogens with one attached hydrogen (secondary N) is 1. The summed E-state index contributed by atoms with van der Waals surface area (Å²) in [6.07, 6.45) is 2.18. The number of hydrogen-bond donors (Lipinski definition) is 1. The van der Waals surface area contributed by atoms with Crippen LogP contribution in [0.25, 0.3) is 0 Å². The number of para-hydroxylation sites is 1. The van der Waals surface area contributed by atoms with E-state index < -0.39 is 7.14 Å². The summed E-state index contributed by atoms with van der Waals surface area (Å²) in [7, 11) is 0.0958. The van der Waals surface area contributed by atoms with Crippen LogP contribution < -0.4 is 5.43 Å². The molecule has 1 aromatic carbocycles. The lowest BCUT2D eigenvalue weighted by atomic mass is 10.1. The predicted octanol–water partition coefficient (Wildman–Crippen LogP) is 3.33. The van der Waals surface area contributed by atoms with Gasteiger partial charge in [-0.1, -0.05) is 23.7 Å². The van der Waals surface area contributed by atoms with Gasteiger partial charge in [-0.15, -0.1) is 0 Å². The Morgan fingerprint density at radius 2 is 1.80 bits per heavy atom. The van der Waals surface area contributed by atoms with Crippen molar-refractivity contribution < 1.29 is 4.57 Å². The van der Waals surface area contributed by atoms with Gasteiger partial charge in [-0.3, -0.25) is 4.90 Å². The van der Waals surface area contributed by atoms with E-state index in [1.807, 2.05) is 37.6 Å². The highest BCUT2D eigenvalue weighted by molar-refractivity contribution is 7.63. The number of nitrogens with zero attached hydrogens (tertiary/aromatic N) is 3. The molecule has 1 aromatic rings. The minimum absolute atomic E-state index is 0.261. The lowest BCUT2D eigenvalue weighted by Crippen LogP contribution is -2.59. The molecule has 0 amide bonds. The Kier molecular flexibility index (Phi) is 6.12. The summed E-state index contributed by atoms with van der Waals surface area (Å²) in [6, 6.07) is 7.87. The highest BCUT2D eigenvalue weighted by Gasteiger charge is 2.38. The molecule has 2 saturated heterocycles. The summed E-state index contributed by atoms with van der Waals surface area (Å²) in [5.74, 6) is 0. The zero-order valence-corrected chi connectivity index (χ0v) is 17.1. The van der Waals surface area contributed by atoms with Crippen LogP contribution in [0, 0.1) is 0 Å². The molecule has 2 aliphatic rings. The normalized spacial score (nSPS) is 27.4. The van der Waals surface area contributed by atoms with Gasteiger partial charge in [0, 0.05) is 38.4 Å². The molecule has 0 aliphatic carbocycles. The lowest BCUT2D eigenvalue weighted by Gasteiger charge is -2.48. The number of hydrazine groups is 1. The fourth-order valence-electron chi connectivity index (χ4n) is 3.79. The highest BCUT2D eigenvalue weighted by Crippen LogP contribution is 2.48. The Labute approximate surface area is 156 Å². The van der Waals surface area contributed by atoms with Crippen molar-refractivity contribution in [3.63, 3.8) is 0 Å². The van der Waals surface area contributed by atoms with Gasteiger partial charge in [-0.05, 0) is 45.4 Å². The van der Waals surface area contributed by atoms with Crippen LogP contribution in [0.15, 0.2) is 24.3 Å². The minimum Gasteiger partial charge on any atom is -0.324 e. The van der Waals surface area contributed by atoms with Crippen LogP contribution in [-0.4, -0.2) is 79.7 Å². The van der Waals surface area contributed by atoms with E-state index >= 15 is 0 Å². The Morgan fingerprint density at radius 3 is 2.44 bits per heavy atom. The molecule has 0 aromatic heterocycles. The number of hydrogen-bond acceptors (Lipinski definition) is 5. The fourth-order valence-corrected chi connectivity index (χ4v) is 5.41. The average molecular weight is 385 g/mol. The van der Waals surface area contributed by atoms with Crippen LogP contribution in [-0.2, 0) is 4.57 Å². The molecule has 1 N–H and O–H groups in total. The van der Waals surface area contributed by atoms with E-state index in [4.69, 9.17) is 11.6 Å². The SMILES string of the molecule is CN1CCN(C2CC(P(C)(C)=O)CCN2Nc2ccccc2Cl)CC1. The molecule has 0 bridgehead atoms. The number of anilines is 1. The molecule has 0 saturated carbocycles. The number of halogens is 1. The molecule has 5 nitrogen and oxygen atoms in total. The summed E-state index contributed by atoms with van der Waals surface area (Å²) in [6.45, 7) is 9.02. The molecular weight excluding hydrogens is 355 g/mol. The summed E-state index contributed by atoms with van der Waals surface area (Å²) < 4.78 is 12.7. The molecule has 0 radical (unpaired) electrons. The molecule has 2 heterocycles. The van der Waals surface area contributed by atoms with Gasteiger partial charge < -0.3 is 14.9 Å². The maximum atomic E-state index is 12.7. The first-order valence-electron chi connectivity index (χ1n) is 9.09. The Bertz CT molecular complexity index is 629. The standard InChI is InChI=1S/C18H30ClN4OP/c1-21-10-12-22(13-11-21)18-14-15(25(2,3)24)8-9-23(18)20-17-7-5-4-6-16(17)19/h4-7,15,18,20H,8-14H2,1-3H3. The number of rotatable bonds is 4. The molecular formula is C18H30ClN4OP. The van der Waals surface area contributed by atoms with E-state index in [0.717, 1.165) is 56.3 Å². The first-order valence-corrected chi connectivity index (χ1v) is 12.1. The van der Waals surface area contributed by atoms with Crippen LogP contribution in [0.2, 0.25) is 5.02 Å². The topological polar surface area (TPSA) is 38.8 Å². The highest BCUT2D eigenvalue weighted by atomic mass is 35.5. The van der Waals surface area contributed by atoms with Crippen LogP contribution in [0.5, 0.6) is 0 Å². The third-order valence-electron chi connectivity index (χ3n) is 5.52. The summed E-state index contributed by atoms with van der Waals surface area (Å²) in [5.41, 5.74) is 4.79. The predicted molar refractivity (Wildman–Crippen MR) is 107 cm³/mol. The lowest BCUT2D eigenvalue weighted by molar-refractivity contribution is 0.00475. The first-order chi connectivity index (χ1) is 11.8. The molecule has 2 atom stereocenters. The molecule has 140 valence electrons. The first kappa shape index (κ1) is 19.2. The number of piperidine rings is 1. The van der Waals surface area contributed by atoms with Gasteiger partial charge in [0.2, 0.25) is 0 Å². The van der Waals surface area contributed by atoms with E-state index in [2.05, 4.69) is 27.3 Å². The minimum atomic E-state index is -2.08. The summed E-state index contributed by atoms with van der Waals surface area (Å²) in [5, 5.41) is 3.04. The third-order valence-corrected chi connectivity index (χ3v) is 8.08. The van der Waals surface area contributed by atoms with Crippen molar-refractivity contribution in [3.05, 3.63) is 29.3 Å². The van der Waals surface area contributed by atoms with Crippen LogP contribution in [0.1, 0.15) is 12.8 Å².